The van der Waals surface area contributed by atoms with Crippen molar-refractivity contribution in [2.75, 3.05) is 11.9 Å². The summed E-state index contributed by atoms with van der Waals surface area (Å²) in [6.45, 7) is 5.21. The molecule has 1 heterocycles. The lowest BCUT2D eigenvalue weighted by Crippen LogP contribution is -2.08. The smallest absolute Gasteiger partial charge is 0.134 e. The van der Waals surface area contributed by atoms with Crippen LogP contribution in [0.1, 0.15) is 43.5 Å². The molecule has 0 unspecified atom stereocenters. The summed E-state index contributed by atoms with van der Waals surface area (Å²) >= 11 is 3.64. The standard InChI is InChI=1S/C17H20BrN3/c1-3-10-19-16-11(2)15(13-6-4-5-7-14(13)18)20-17(21-16)12-8-9-12/h4-7,12H,3,8-10H2,1-2H3,(H,19,20,21). The van der Waals surface area contributed by atoms with Gasteiger partial charge >= 0.3 is 0 Å². The fourth-order valence-corrected chi connectivity index (χ4v) is 2.86. The number of anilines is 1. The zero-order valence-electron chi connectivity index (χ0n) is 12.5. The molecule has 1 aromatic heterocycles. The highest BCUT2D eigenvalue weighted by Gasteiger charge is 2.28. The predicted molar refractivity (Wildman–Crippen MR) is 90.7 cm³/mol. The van der Waals surface area contributed by atoms with Gasteiger partial charge in [0, 0.05) is 28.1 Å². The van der Waals surface area contributed by atoms with E-state index in [0.29, 0.717) is 5.92 Å². The first-order valence-electron chi connectivity index (χ1n) is 7.58. The normalized spacial score (nSPS) is 14.2. The van der Waals surface area contributed by atoms with Crippen LogP contribution in [-0.4, -0.2) is 16.5 Å². The van der Waals surface area contributed by atoms with E-state index in [1.807, 2.05) is 6.07 Å². The molecule has 0 saturated heterocycles. The van der Waals surface area contributed by atoms with Crippen LogP contribution in [0.3, 0.4) is 0 Å². The second-order valence-corrected chi connectivity index (χ2v) is 6.44. The van der Waals surface area contributed by atoms with Crippen molar-refractivity contribution >= 4 is 21.7 Å². The van der Waals surface area contributed by atoms with Crippen molar-refractivity contribution in [3.05, 3.63) is 40.1 Å². The Kier molecular flexibility index (Phi) is 4.24. The zero-order chi connectivity index (χ0) is 14.8. The van der Waals surface area contributed by atoms with Crippen LogP contribution in [0.25, 0.3) is 11.3 Å². The fraction of sp³-hybridized carbons (Fsp3) is 0.412. The molecule has 2 aromatic rings. The molecule has 0 amide bonds. The lowest BCUT2D eigenvalue weighted by atomic mass is 10.1. The summed E-state index contributed by atoms with van der Waals surface area (Å²) in [7, 11) is 0. The Morgan fingerprint density at radius 2 is 2.00 bits per heavy atom. The van der Waals surface area contributed by atoms with E-state index in [0.717, 1.165) is 45.9 Å². The van der Waals surface area contributed by atoms with Gasteiger partial charge in [-0.1, -0.05) is 41.1 Å². The van der Waals surface area contributed by atoms with Gasteiger partial charge in [0.2, 0.25) is 0 Å². The van der Waals surface area contributed by atoms with Gasteiger partial charge in [-0.05, 0) is 32.3 Å². The van der Waals surface area contributed by atoms with Gasteiger partial charge in [0.1, 0.15) is 11.6 Å². The van der Waals surface area contributed by atoms with Crippen molar-refractivity contribution in [3.8, 4) is 11.3 Å². The number of nitrogens with zero attached hydrogens (tertiary/aromatic N) is 2. The fourth-order valence-electron chi connectivity index (χ4n) is 2.39. The first-order chi connectivity index (χ1) is 10.2. The average molecular weight is 346 g/mol. The quantitative estimate of drug-likeness (QED) is 0.836. The second kappa shape index (κ2) is 6.14. The molecular weight excluding hydrogens is 326 g/mol. The van der Waals surface area contributed by atoms with Crippen molar-refractivity contribution in [2.24, 2.45) is 0 Å². The number of hydrogen-bond donors (Lipinski definition) is 1. The first-order valence-corrected chi connectivity index (χ1v) is 8.37. The van der Waals surface area contributed by atoms with E-state index in [4.69, 9.17) is 9.97 Å². The van der Waals surface area contributed by atoms with Gasteiger partial charge in [0.25, 0.3) is 0 Å². The average Bonchev–Trinajstić information content (AvgIpc) is 3.32. The molecule has 0 spiro atoms. The van der Waals surface area contributed by atoms with E-state index in [1.54, 1.807) is 0 Å². The lowest BCUT2D eigenvalue weighted by molar-refractivity contribution is 0.902. The summed E-state index contributed by atoms with van der Waals surface area (Å²) in [5.41, 5.74) is 3.30. The van der Waals surface area contributed by atoms with Crippen LogP contribution < -0.4 is 5.32 Å². The predicted octanol–water partition coefficient (Wildman–Crippen LogP) is 4.91. The maximum atomic E-state index is 4.85. The summed E-state index contributed by atoms with van der Waals surface area (Å²) in [6.07, 6.45) is 3.52. The summed E-state index contributed by atoms with van der Waals surface area (Å²) in [6, 6.07) is 8.26. The van der Waals surface area contributed by atoms with Crippen LogP contribution in [0, 0.1) is 6.92 Å². The van der Waals surface area contributed by atoms with E-state index in [2.05, 4.69) is 53.3 Å². The van der Waals surface area contributed by atoms with E-state index in [1.165, 1.54) is 12.8 Å². The number of rotatable bonds is 5. The third-order valence-electron chi connectivity index (χ3n) is 3.78. The Morgan fingerprint density at radius 3 is 2.67 bits per heavy atom. The van der Waals surface area contributed by atoms with E-state index in [-0.39, 0.29) is 0 Å². The molecule has 0 bridgehead atoms. The number of benzene rings is 1. The highest BCUT2D eigenvalue weighted by molar-refractivity contribution is 9.10. The van der Waals surface area contributed by atoms with Crippen LogP contribution >= 0.6 is 15.9 Å². The molecule has 0 atom stereocenters. The Labute approximate surface area is 134 Å². The van der Waals surface area contributed by atoms with Crippen molar-refractivity contribution < 1.29 is 0 Å². The van der Waals surface area contributed by atoms with Gasteiger partial charge in [0.05, 0.1) is 5.69 Å². The first kappa shape index (κ1) is 14.5. The number of nitrogens with one attached hydrogen (secondary N) is 1. The van der Waals surface area contributed by atoms with Crippen molar-refractivity contribution in [1.82, 2.24) is 9.97 Å². The minimum Gasteiger partial charge on any atom is -0.370 e. The molecule has 4 heteroatoms. The van der Waals surface area contributed by atoms with Gasteiger partial charge in [0.15, 0.2) is 0 Å². The maximum Gasteiger partial charge on any atom is 0.134 e. The Balaban J connectivity index is 2.09. The molecule has 3 rings (SSSR count). The molecule has 110 valence electrons. The molecule has 1 fully saturated rings. The van der Waals surface area contributed by atoms with E-state index < -0.39 is 0 Å². The molecule has 0 radical (unpaired) electrons. The molecule has 3 nitrogen and oxygen atoms in total. The monoisotopic (exact) mass is 345 g/mol. The van der Waals surface area contributed by atoms with Crippen molar-refractivity contribution in [3.63, 3.8) is 0 Å². The Hall–Kier alpha value is -1.42. The minimum atomic E-state index is 0.550. The lowest BCUT2D eigenvalue weighted by Gasteiger charge is -2.14. The highest BCUT2D eigenvalue weighted by Crippen LogP contribution is 2.40. The van der Waals surface area contributed by atoms with Gasteiger partial charge in [-0.15, -0.1) is 0 Å². The molecule has 1 aliphatic rings. The third-order valence-corrected chi connectivity index (χ3v) is 4.47. The third kappa shape index (κ3) is 3.10. The SMILES string of the molecule is CCCNc1nc(C2CC2)nc(-c2ccccc2Br)c1C. The minimum absolute atomic E-state index is 0.550. The number of aromatic nitrogens is 2. The van der Waals surface area contributed by atoms with E-state index >= 15 is 0 Å². The van der Waals surface area contributed by atoms with Gasteiger partial charge in [-0.2, -0.15) is 0 Å². The van der Waals surface area contributed by atoms with Crippen LogP contribution in [0.4, 0.5) is 5.82 Å². The van der Waals surface area contributed by atoms with Crippen LogP contribution in [-0.2, 0) is 0 Å². The van der Waals surface area contributed by atoms with Crippen LogP contribution in [0.15, 0.2) is 28.7 Å². The second-order valence-electron chi connectivity index (χ2n) is 5.58. The van der Waals surface area contributed by atoms with E-state index in [9.17, 15) is 0 Å². The van der Waals surface area contributed by atoms with Crippen molar-refractivity contribution in [1.29, 1.82) is 0 Å². The molecule has 0 aliphatic heterocycles. The van der Waals surface area contributed by atoms with Crippen LogP contribution in [0.2, 0.25) is 0 Å². The number of hydrogen-bond acceptors (Lipinski definition) is 3. The zero-order valence-corrected chi connectivity index (χ0v) is 14.1. The molecular formula is C17H20BrN3. The van der Waals surface area contributed by atoms with Gasteiger partial charge in [-0.3, -0.25) is 0 Å². The summed E-state index contributed by atoms with van der Waals surface area (Å²) in [5.74, 6) is 2.53. The Morgan fingerprint density at radius 1 is 1.24 bits per heavy atom. The van der Waals surface area contributed by atoms with Crippen molar-refractivity contribution in [2.45, 2.75) is 39.0 Å². The molecule has 1 saturated carbocycles. The molecule has 21 heavy (non-hydrogen) atoms. The molecule has 1 N–H and O–H groups in total. The summed E-state index contributed by atoms with van der Waals surface area (Å²) in [4.78, 5) is 9.60. The number of halogens is 1. The van der Waals surface area contributed by atoms with Gasteiger partial charge in [-0.25, -0.2) is 9.97 Å². The van der Waals surface area contributed by atoms with Gasteiger partial charge < -0.3 is 5.32 Å². The highest BCUT2D eigenvalue weighted by atomic mass is 79.9. The summed E-state index contributed by atoms with van der Waals surface area (Å²) < 4.78 is 1.08. The molecule has 1 aromatic carbocycles. The largest absolute Gasteiger partial charge is 0.370 e. The maximum absolute atomic E-state index is 4.85. The Bertz CT molecular complexity index is 650. The summed E-state index contributed by atoms with van der Waals surface area (Å²) in [5, 5.41) is 3.45. The molecule has 1 aliphatic carbocycles. The van der Waals surface area contributed by atoms with Crippen LogP contribution in [0.5, 0.6) is 0 Å². The topological polar surface area (TPSA) is 37.8 Å².